The molecule has 3 aromatic rings. The maximum atomic E-state index is 11.0. The van der Waals surface area contributed by atoms with Crippen molar-refractivity contribution >= 4 is 11.8 Å². The van der Waals surface area contributed by atoms with E-state index in [4.69, 9.17) is 10.2 Å². The van der Waals surface area contributed by atoms with Gasteiger partial charge in [0.05, 0.1) is 16.9 Å². The number of anilines is 1. The average Bonchev–Trinajstić information content (AvgIpc) is 2.92. The van der Waals surface area contributed by atoms with E-state index in [1.807, 2.05) is 49.0 Å². The van der Waals surface area contributed by atoms with Gasteiger partial charge in [-0.05, 0) is 31.2 Å². The van der Waals surface area contributed by atoms with E-state index >= 15 is 0 Å². The summed E-state index contributed by atoms with van der Waals surface area (Å²) in [4.78, 5) is 11.0. The molecule has 0 amide bonds. The smallest absolute Gasteiger partial charge is 0.335 e. The van der Waals surface area contributed by atoms with E-state index in [2.05, 4.69) is 5.32 Å². The first kappa shape index (κ1) is 14.8. The molecule has 0 aliphatic rings. The molecule has 2 aromatic carbocycles. The van der Waals surface area contributed by atoms with Gasteiger partial charge in [-0.2, -0.15) is 5.10 Å². The van der Waals surface area contributed by atoms with E-state index < -0.39 is 5.97 Å². The minimum atomic E-state index is -0.931. The van der Waals surface area contributed by atoms with Gasteiger partial charge in [-0.25, -0.2) is 9.48 Å². The molecule has 0 saturated heterocycles. The highest BCUT2D eigenvalue weighted by molar-refractivity contribution is 5.88. The summed E-state index contributed by atoms with van der Waals surface area (Å²) < 4.78 is 1.86. The predicted octanol–water partition coefficient (Wildman–Crippen LogP) is 3.59. The Bertz CT molecular complexity index is 837. The molecule has 0 fully saturated rings. The Morgan fingerprint density at radius 2 is 1.74 bits per heavy atom. The molecule has 0 bridgehead atoms. The van der Waals surface area contributed by atoms with Gasteiger partial charge >= 0.3 is 5.97 Å². The van der Waals surface area contributed by atoms with Gasteiger partial charge in [0.1, 0.15) is 5.82 Å². The van der Waals surface area contributed by atoms with E-state index in [-0.39, 0.29) is 5.56 Å². The lowest BCUT2D eigenvalue weighted by Crippen LogP contribution is -2.02. The average molecular weight is 307 g/mol. The van der Waals surface area contributed by atoms with Crippen molar-refractivity contribution in [2.45, 2.75) is 6.92 Å². The second-order valence-electron chi connectivity index (χ2n) is 5.20. The summed E-state index contributed by atoms with van der Waals surface area (Å²) in [5, 5.41) is 16.9. The van der Waals surface area contributed by atoms with Gasteiger partial charge in [0.2, 0.25) is 0 Å². The van der Waals surface area contributed by atoms with Crippen molar-refractivity contribution in [3.8, 4) is 16.9 Å². The Morgan fingerprint density at radius 1 is 1.09 bits per heavy atom. The van der Waals surface area contributed by atoms with Crippen LogP contribution < -0.4 is 5.32 Å². The lowest BCUT2D eigenvalue weighted by molar-refractivity contribution is 0.0697. The summed E-state index contributed by atoms with van der Waals surface area (Å²) in [5.41, 5.74) is 3.96. The topological polar surface area (TPSA) is 67.2 Å². The summed E-state index contributed by atoms with van der Waals surface area (Å²) >= 11 is 0. The maximum Gasteiger partial charge on any atom is 0.335 e. The van der Waals surface area contributed by atoms with E-state index in [1.165, 1.54) is 0 Å². The number of benzene rings is 2. The molecule has 1 heterocycles. The van der Waals surface area contributed by atoms with Crippen LogP contribution in [0.3, 0.4) is 0 Å². The number of para-hydroxylation sites is 1. The standard InChI is InChI=1S/C18H17N3O2/c1-12-16(13-8-10-14(11-9-13)18(22)23)20-21(17(12)19-2)15-6-4-3-5-7-15/h3-11,19H,1-2H3,(H,22,23). The molecule has 3 rings (SSSR count). The van der Waals surface area contributed by atoms with Crippen LogP contribution in [0.4, 0.5) is 5.82 Å². The number of hydrogen-bond acceptors (Lipinski definition) is 3. The van der Waals surface area contributed by atoms with Crippen molar-refractivity contribution in [1.29, 1.82) is 0 Å². The minimum absolute atomic E-state index is 0.266. The highest BCUT2D eigenvalue weighted by Gasteiger charge is 2.16. The molecule has 0 radical (unpaired) electrons. The van der Waals surface area contributed by atoms with Crippen LogP contribution in [0.2, 0.25) is 0 Å². The van der Waals surface area contributed by atoms with Crippen molar-refractivity contribution < 1.29 is 9.90 Å². The van der Waals surface area contributed by atoms with Crippen LogP contribution >= 0.6 is 0 Å². The minimum Gasteiger partial charge on any atom is -0.478 e. The number of aromatic carboxylic acids is 1. The van der Waals surface area contributed by atoms with Gasteiger partial charge in [-0.1, -0.05) is 30.3 Å². The SMILES string of the molecule is CNc1c(C)c(-c2ccc(C(=O)O)cc2)nn1-c1ccccc1. The Morgan fingerprint density at radius 3 is 2.30 bits per heavy atom. The number of nitrogens with one attached hydrogen (secondary N) is 1. The van der Waals surface area contributed by atoms with Gasteiger partial charge in [0.15, 0.2) is 0 Å². The number of nitrogens with zero attached hydrogens (tertiary/aromatic N) is 2. The lowest BCUT2D eigenvalue weighted by atomic mass is 10.1. The largest absolute Gasteiger partial charge is 0.478 e. The van der Waals surface area contributed by atoms with E-state index in [1.54, 1.807) is 24.3 Å². The zero-order valence-corrected chi connectivity index (χ0v) is 12.9. The molecule has 116 valence electrons. The van der Waals surface area contributed by atoms with E-state index in [9.17, 15) is 4.79 Å². The highest BCUT2D eigenvalue weighted by atomic mass is 16.4. The van der Waals surface area contributed by atoms with Crippen molar-refractivity contribution in [3.63, 3.8) is 0 Å². The summed E-state index contributed by atoms with van der Waals surface area (Å²) in [6, 6.07) is 16.6. The monoisotopic (exact) mass is 307 g/mol. The summed E-state index contributed by atoms with van der Waals surface area (Å²) in [7, 11) is 1.86. The molecule has 0 atom stereocenters. The Hall–Kier alpha value is -3.08. The molecule has 5 nitrogen and oxygen atoms in total. The third-order valence-corrected chi connectivity index (χ3v) is 3.77. The first-order valence-corrected chi connectivity index (χ1v) is 7.28. The van der Waals surface area contributed by atoms with Gasteiger partial charge < -0.3 is 10.4 Å². The highest BCUT2D eigenvalue weighted by Crippen LogP contribution is 2.30. The van der Waals surface area contributed by atoms with Crippen LogP contribution in [0.1, 0.15) is 15.9 Å². The number of carboxylic acids is 1. The molecule has 2 N–H and O–H groups in total. The van der Waals surface area contributed by atoms with E-state index in [0.29, 0.717) is 0 Å². The summed E-state index contributed by atoms with van der Waals surface area (Å²) in [6.07, 6.45) is 0. The molecule has 0 aliphatic carbocycles. The third kappa shape index (κ3) is 2.68. The molecule has 0 unspecified atom stereocenters. The number of carboxylic acid groups (broad SMARTS) is 1. The molecule has 0 saturated carbocycles. The van der Waals surface area contributed by atoms with Crippen LogP contribution in [0, 0.1) is 6.92 Å². The van der Waals surface area contributed by atoms with Crippen molar-refractivity contribution in [2.75, 3.05) is 12.4 Å². The van der Waals surface area contributed by atoms with Crippen molar-refractivity contribution in [1.82, 2.24) is 9.78 Å². The maximum absolute atomic E-state index is 11.0. The van der Waals surface area contributed by atoms with Gasteiger partial charge in [-0.15, -0.1) is 0 Å². The van der Waals surface area contributed by atoms with Crippen LogP contribution in [0.5, 0.6) is 0 Å². The summed E-state index contributed by atoms with van der Waals surface area (Å²) in [5.74, 6) is -0.0208. The fourth-order valence-electron chi connectivity index (χ4n) is 2.59. The van der Waals surface area contributed by atoms with Crippen LogP contribution in [0.25, 0.3) is 16.9 Å². The Labute approximate surface area is 134 Å². The molecular weight excluding hydrogens is 290 g/mol. The zero-order chi connectivity index (χ0) is 16.4. The fourth-order valence-corrected chi connectivity index (χ4v) is 2.59. The Kier molecular flexibility index (Phi) is 3.85. The van der Waals surface area contributed by atoms with Crippen LogP contribution in [-0.4, -0.2) is 27.9 Å². The molecule has 1 aromatic heterocycles. The Balaban J connectivity index is 2.10. The third-order valence-electron chi connectivity index (χ3n) is 3.77. The lowest BCUT2D eigenvalue weighted by Gasteiger charge is -2.06. The van der Waals surface area contributed by atoms with Crippen LogP contribution in [-0.2, 0) is 0 Å². The zero-order valence-electron chi connectivity index (χ0n) is 12.9. The molecular formula is C18H17N3O2. The second kappa shape index (κ2) is 5.96. The first-order chi connectivity index (χ1) is 11.1. The van der Waals surface area contributed by atoms with Crippen molar-refractivity contribution in [2.24, 2.45) is 0 Å². The molecule has 0 spiro atoms. The summed E-state index contributed by atoms with van der Waals surface area (Å²) in [6.45, 7) is 2.00. The molecule has 0 aliphatic heterocycles. The van der Waals surface area contributed by atoms with Gasteiger partial charge in [0, 0.05) is 18.2 Å². The number of hydrogen-bond donors (Lipinski definition) is 2. The van der Waals surface area contributed by atoms with Crippen molar-refractivity contribution in [3.05, 3.63) is 65.7 Å². The number of rotatable bonds is 4. The molecule has 23 heavy (non-hydrogen) atoms. The molecule has 5 heteroatoms. The van der Waals surface area contributed by atoms with Gasteiger partial charge in [0.25, 0.3) is 0 Å². The van der Waals surface area contributed by atoms with Crippen LogP contribution in [0.15, 0.2) is 54.6 Å². The first-order valence-electron chi connectivity index (χ1n) is 7.28. The van der Waals surface area contributed by atoms with E-state index in [0.717, 1.165) is 28.3 Å². The fraction of sp³-hybridized carbons (Fsp3) is 0.111. The second-order valence-corrected chi connectivity index (χ2v) is 5.20. The normalized spacial score (nSPS) is 10.5. The quantitative estimate of drug-likeness (QED) is 0.773. The number of carbonyl (C=O) groups is 1. The van der Waals surface area contributed by atoms with Gasteiger partial charge in [-0.3, -0.25) is 0 Å². The number of aromatic nitrogens is 2. The predicted molar refractivity (Wildman–Crippen MR) is 90.2 cm³/mol.